The summed E-state index contributed by atoms with van der Waals surface area (Å²) in [6.07, 6.45) is 4.11. The molecule has 3 heteroatoms. The molecule has 0 aliphatic rings. The molecule has 86 valence electrons. The van der Waals surface area contributed by atoms with E-state index in [1.807, 2.05) is 19.3 Å². The first-order chi connectivity index (χ1) is 7.11. The van der Waals surface area contributed by atoms with E-state index in [2.05, 4.69) is 29.8 Å². The first-order valence-electron chi connectivity index (χ1n) is 5.57. The second-order valence-corrected chi connectivity index (χ2v) is 4.43. The summed E-state index contributed by atoms with van der Waals surface area (Å²) < 4.78 is 2.09. The van der Waals surface area contributed by atoms with Crippen LogP contribution in [-0.4, -0.2) is 21.8 Å². The van der Waals surface area contributed by atoms with Gasteiger partial charge in [0, 0.05) is 31.0 Å². The van der Waals surface area contributed by atoms with Gasteiger partial charge in [0.25, 0.3) is 0 Å². The predicted octanol–water partition coefficient (Wildman–Crippen LogP) is 1.67. The summed E-state index contributed by atoms with van der Waals surface area (Å²) in [6, 6.07) is 4.13. The summed E-state index contributed by atoms with van der Waals surface area (Å²) in [4.78, 5) is 0. The highest BCUT2D eigenvalue weighted by molar-refractivity contribution is 5.06. The molecule has 0 aliphatic heterocycles. The summed E-state index contributed by atoms with van der Waals surface area (Å²) in [6.45, 7) is 5.20. The fourth-order valence-electron chi connectivity index (χ4n) is 1.76. The van der Waals surface area contributed by atoms with Gasteiger partial charge in [0.05, 0.1) is 6.61 Å². The van der Waals surface area contributed by atoms with E-state index < -0.39 is 0 Å². The molecular formula is C12H22N2O. The molecule has 1 rings (SSSR count). The topological polar surface area (TPSA) is 37.2 Å². The zero-order chi connectivity index (χ0) is 11.3. The summed E-state index contributed by atoms with van der Waals surface area (Å²) in [5.74, 6) is 0. The lowest BCUT2D eigenvalue weighted by molar-refractivity contribution is 0.162. The van der Waals surface area contributed by atoms with E-state index >= 15 is 0 Å². The second kappa shape index (κ2) is 5.33. The van der Waals surface area contributed by atoms with Crippen molar-refractivity contribution in [1.82, 2.24) is 9.88 Å². The van der Waals surface area contributed by atoms with Crippen LogP contribution >= 0.6 is 0 Å². The number of nitrogens with zero attached hydrogens (tertiary/aromatic N) is 1. The third-order valence-electron chi connectivity index (χ3n) is 2.90. The summed E-state index contributed by atoms with van der Waals surface area (Å²) >= 11 is 0. The van der Waals surface area contributed by atoms with Gasteiger partial charge >= 0.3 is 0 Å². The van der Waals surface area contributed by atoms with Gasteiger partial charge in [-0.3, -0.25) is 0 Å². The van der Waals surface area contributed by atoms with Crippen LogP contribution in [0.2, 0.25) is 0 Å². The summed E-state index contributed by atoms with van der Waals surface area (Å²) in [5.41, 5.74) is 1.09. The van der Waals surface area contributed by atoms with Crippen LogP contribution < -0.4 is 5.32 Å². The van der Waals surface area contributed by atoms with Gasteiger partial charge in [-0.1, -0.05) is 13.3 Å². The lowest BCUT2D eigenvalue weighted by Gasteiger charge is -2.28. The van der Waals surface area contributed by atoms with Crippen LogP contribution in [0, 0.1) is 0 Å². The molecule has 1 heterocycles. The highest BCUT2D eigenvalue weighted by Gasteiger charge is 2.21. The Balaban J connectivity index is 2.51. The van der Waals surface area contributed by atoms with E-state index in [1.54, 1.807) is 0 Å². The average Bonchev–Trinajstić information content (AvgIpc) is 2.62. The molecule has 0 saturated carbocycles. The molecule has 0 unspecified atom stereocenters. The van der Waals surface area contributed by atoms with E-state index in [0.717, 1.165) is 19.4 Å². The summed E-state index contributed by atoms with van der Waals surface area (Å²) in [5, 5.41) is 12.8. The van der Waals surface area contributed by atoms with E-state index in [1.165, 1.54) is 5.69 Å². The predicted molar refractivity (Wildman–Crippen MR) is 62.7 cm³/mol. The monoisotopic (exact) mass is 210 g/mol. The van der Waals surface area contributed by atoms with Gasteiger partial charge < -0.3 is 15.0 Å². The fraction of sp³-hybridized carbons (Fsp3) is 0.667. The number of rotatable bonds is 6. The van der Waals surface area contributed by atoms with Crippen LogP contribution in [0.15, 0.2) is 18.3 Å². The summed E-state index contributed by atoms with van der Waals surface area (Å²) in [7, 11) is 2.03. The lowest BCUT2D eigenvalue weighted by atomic mass is 9.97. The third-order valence-corrected chi connectivity index (χ3v) is 2.90. The van der Waals surface area contributed by atoms with Gasteiger partial charge in [-0.25, -0.2) is 0 Å². The zero-order valence-electron chi connectivity index (χ0n) is 9.95. The van der Waals surface area contributed by atoms with Gasteiger partial charge in [-0.05, 0) is 25.5 Å². The largest absolute Gasteiger partial charge is 0.394 e. The quantitative estimate of drug-likeness (QED) is 0.749. The van der Waals surface area contributed by atoms with Crippen LogP contribution in [-0.2, 0) is 13.6 Å². The van der Waals surface area contributed by atoms with Crippen molar-refractivity contribution < 1.29 is 5.11 Å². The Bertz CT molecular complexity index is 296. The van der Waals surface area contributed by atoms with Gasteiger partial charge in [0.15, 0.2) is 0 Å². The van der Waals surface area contributed by atoms with Crippen LogP contribution in [0.4, 0.5) is 0 Å². The maximum Gasteiger partial charge on any atom is 0.0610 e. The van der Waals surface area contributed by atoms with E-state index in [4.69, 9.17) is 0 Å². The van der Waals surface area contributed by atoms with Crippen LogP contribution in [0.3, 0.4) is 0 Å². The van der Waals surface area contributed by atoms with Crippen molar-refractivity contribution in [1.29, 1.82) is 0 Å². The Labute approximate surface area is 92.1 Å². The standard InChI is InChI=1S/C12H22N2O/c1-4-7-12(2,10-15)13-9-11-6-5-8-14(11)3/h5-6,8,13,15H,4,7,9-10H2,1-3H3/t12-/m0/s1. The molecule has 3 nitrogen and oxygen atoms in total. The molecule has 0 aromatic carbocycles. The molecule has 1 aromatic rings. The van der Waals surface area contributed by atoms with Gasteiger partial charge in [0.1, 0.15) is 0 Å². The number of hydrogen-bond acceptors (Lipinski definition) is 2. The third kappa shape index (κ3) is 3.36. The van der Waals surface area contributed by atoms with Crippen molar-refractivity contribution in [3.63, 3.8) is 0 Å². The van der Waals surface area contributed by atoms with Crippen molar-refractivity contribution in [2.75, 3.05) is 6.61 Å². The number of aromatic nitrogens is 1. The first kappa shape index (κ1) is 12.3. The van der Waals surface area contributed by atoms with Gasteiger partial charge in [-0.2, -0.15) is 0 Å². The van der Waals surface area contributed by atoms with Crippen molar-refractivity contribution in [3.05, 3.63) is 24.0 Å². The fourth-order valence-corrected chi connectivity index (χ4v) is 1.76. The number of nitrogens with one attached hydrogen (secondary N) is 1. The Morgan fingerprint density at radius 3 is 2.73 bits per heavy atom. The van der Waals surface area contributed by atoms with Gasteiger partial charge in [0.2, 0.25) is 0 Å². The maximum atomic E-state index is 9.35. The van der Waals surface area contributed by atoms with Crippen molar-refractivity contribution in [2.24, 2.45) is 7.05 Å². The van der Waals surface area contributed by atoms with Crippen LogP contribution in [0.1, 0.15) is 32.4 Å². The molecule has 1 aromatic heterocycles. The number of aryl methyl sites for hydroxylation is 1. The molecule has 2 N–H and O–H groups in total. The Hall–Kier alpha value is -0.800. The molecule has 0 saturated heterocycles. The second-order valence-electron chi connectivity index (χ2n) is 4.43. The average molecular weight is 210 g/mol. The van der Waals surface area contributed by atoms with Crippen molar-refractivity contribution >= 4 is 0 Å². The van der Waals surface area contributed by atoms with Gasteiger partial charge in [-0.15, -0.1) is 0 Å². The highest BCUT2D eigenvalue weighted by atomic mass is 16.3. The normalized spacial score (nSPS) is 15.2. The Morgan fingerprint density at radius 1 is 1.53 bits per heavy atom. The maximum absolute atomic E-state index is 9.35. The Kier molecular flexibility index (Phi) is 4.36. The molecule has 0 radical (unpaired) electrons. The zero-order valence-corrected chi connectivity index (χ0v) is 9.95. The minimum atomic E-state index is -0.154. The molecule has 1 atom stereocenters. The van der Waals surface area contributed by atoms with Crippen LogP contribution in [0.25, 0.3) is 0 Å². The Morgan fingerprint density at radius 2 is 2.27 bits per heavy atom. The smallest absolute Gasteiger partial charge is 0.0610 e. The van der Waals surface area contributed by atoms with Crippen molar-refractivity contribution in [2.45, 2.75) is 38.8 Å². The molecule has 0 aliphatic carbocycles. The van der Waals surface area contributed by atoms with E-state index in [-0.39, 0.29) is 12.1 Å². The minimum Gasteiger partial charge on any atom is -0.394 e. The van der Waals surface area contributed by atoms with E-state index in [0.29, 0.717) is 0 Å². The SMILES string of the molecule is CCC[C@@](C)(CO)NCc1cccn1C. The molecule has 0 bridgehead atoms. The van der Waals surface area contributed by atoms with Crippen LogP contribution in [0.5, 0.6) is 0 Å². The van der Waals surface area contributed by atoms with Crippen molar-refractivity contribution in [3.8, 4) is 0 Å². The van der Waals surface area contributed by atoms with E-state index in [9.17, 15) is 5.11 Å². The molecule has 0 amide bonds. The molecule has 0 spiro atoms. The number of aliphatic hydroxyl groups excluding tert-OH is 1. The lowest BCUT2D eigenvalue weighted by Crippen LogP contribution is -2.45. The molecule has 15 heavy (non-hydrogen) atoms. The number of hydrogen-bond donors (Lipinski definition) is 2. The highest BCUT2D eigenvalue weighted by Crippen LogP contribution is 2.12. The minimum absolute atomic E-state index is 0.154. The number of aliphatic hydroxyl groups is 1. The molecular weight excluding hydrogens is 188 g/mol. The molecule has 0 fully saturated rings. The first-order valence-corrected chi connectivity index (χ1v) is 5.57.